The summed E-state index contributed by atoms with van der Waals surface area (Å²) in [7, 11) is 2.57. The molecule has 0 radical (unpaired) electrons. The number of benzene rings is 1. The molecule has 0 N–H and O–H groups in total. The third-order valence-electron chi connectivity index (χ3n) is 2.27. The van der Waals surface area contributed by atoms with Crippen molar-refractivity contribution in [1.82, 2.24) is 0 Å². The fourth-order valence-electron chi connectivity index (χ4n) is 1.33. The number of hydrogen-bond donors (Lipinski definition) is 0. The Morgan fingerprint density at radius 1 is 1.17 bits per heavy atom. The van der Waals surface area contributed by atoms with Crippen LogP contribution in [-0.2, 0) is 19.1 Å². The highest BCUT2D eigenvalue weighted by Gasteiger charge is 2.10. The minimum Gasteiger partial charge on any atom is -0.469 e. The van der Waals surface area contributed by atoms with E-state index in [0.717, 1.165) is 5.56 Å². The van der Waals surface area contributed by atoms with Gasteiger partial charge in [-0.15, -0.1) is 0 Å². The van der Waals surface area contributed by atoms with Crippen LogP contribution in [0.25, 0.3) is 5.57 Å². The van der Waals surface area contributed by atoms with Crippen LogP contribution in [0.3, 0.4) is 0 Å². The van der Waals surface area contributed by atoms with Gasteiger partial charge >= 0.3 is 11.9 Å². The Labute approximate surface area is 110 Å². The van der Waals surface area contributed by atoms with E-state index in [1.54, 1.807) is 24.3 Å². The number of ether oxygens (including phenoxy) is 2. The van der Waals surface area contributed by atoms with Crippen molar-refractivity contribution in [1.29, 1.82) is 0 Å². The van der Waals surface area contributed by atoms with Gasteiger partial charge in [0.1, 0.15) is 0 Å². The van der Waals surface area contributed by atoms with Crippen molar-refractivity contribution in [2.45, 2.75) is 6.42 Å². The van der Waals surface area contributed by atoms with Crippen LogP contribution < -0.4 is 0 Å². The Balaban J connectivity index is 3.03. The Bertz CT molecular complexity index is 462. The molecule has 0 spiro atoms. The Kier molecular flexibility index (Phi) is 5.39. The van der Waals surface area contributed by atoms with E-state index < -0.39 is 11.9 Å². The molecule has 0 bridgehead atoms. The summed E-state index contributed by atoms with van der Waals surface area (Å²) in [5.41, 5.74) is 1.24. The van der Waals surface area contributed by atoms with Crippen molar-refractivity contribution in [2.24, 2.45) is 0 Å². The van der Waals surface area contributed by atoms with Gasteiger partial charge < -0.3 is 9.47 Å². The van der Waals surface area contributed by atoms with Crippen molar-refractivity contribution in [3.05, 3.63) is 40.9 Å². The summed E-state index contributed by atoms with van der Waals surface area (Å²) >= 11 is 5.78. The van der Waals surface area contributed by atoms with Crippen molar-refractivity contribution in [2.75, 3.05) is 14.2 Å². The topological polar surface area (TPSA) is 52.6 Å². The third-order valence-corrected chi connectivity index (χ3v) is 2.52. The SMILES string of the molecule is COC(=O)/C=C(\CC(=O)OC)c1ccc(Cl)cc1. The highest BCUT2D eigenvalue weighted by molar-refractivity contribution is 6.30. The van der Waals surface area contributed by atoms with E-state index in [9.17, 15) is 9.59 Å². The second-order valence-corrected chi connectivity index (χ2v) is 3.89. The first kappa shape index (κ1) is 14.3. The number of carbonyl (C=O) groups excluding carboxylic acids is 2. The molecule has 0 saturated carbocycles. The monoisotopic (exact) mass is 268 g/mol. The molecule has 0 unspecified atom stereocenters. The fraction of sp³-hybridized carbons (Fsp3) is 0.231. The van der Waals surface area contributed by atoms with Crippen LogP contribution in [0.15, 0.2) is 30.3 Å². The van der Waals surface area contributed by atoms with Crippen molar-refractivity contribution < 1.29 is 19.1 Å². The smallest absolute Gasteiger partial charge is 0.330 e. The molecular weight excluding hydrogens is 256 g/mol. The molecule has 0 saturated heterocycles. The van der Waals surface area contributed by atoms with Crippen molar-refractivity contribution in [3.8, 4) is 0 Å². The molecule has 18 heavy (non-hydrogen) atoms. The highest BCUT2D eigenvalue weighted by atomic mass is 35.5. The van der Waals surface area contributed by atoms with E-state index in [0.29, 0.717) is 10.6 Å². The van der Waals surface area contributed by atoms with E-state index in [2.05, 4.69) is 9.47 Å². The van der Waals surface area contributed by atoms with Gasteiger partial charge in [-0.3, -0.25) is 4.79 Å². The zero-order valence-electron chi connectivity index (χ0n) is 10.1. The normalized spacial score (nSPS) is 10.9. The van der Waals surface area contributed by atoms with E-state index >= 15 is 0 Å². The summed E-state index contributed by atoms with van der Waals surface area (Å²) in [6.07, 6.45) is 1.26. The van der Waals surface area contributed by atoms with Gasteiger partial charge in [-0.1, -0.05) is 23.7 Å². The molecule has 0 heterocycles. The average molecular weight is 269 g/mol. The summed E-state index contributed by atoms with van der Waals surface area (Å²) < 4.78 is 9.13. The molecule has 0 fully saturated rings. The molecule has 1 aromatic carbocycles. The van der Waals surface area contributed by atoms with Gasteiger partial charge in [0, 0.05) is 11.1 Å². The summed E-state index contributed by atoms with van der Waals surface area (Å²) in [6, 6.07) is 6.80. The van der Waals surface area contributed by atoms with Crippen LogP contribution in [0.2, 0.25) is 5.02 Å². The molecule has 0 atom stereocenters. The summed E-state index contributed by atoms with van der Waals surface area (Å²) in [6.45, 7) is 0. The van der Waals surface area contributed by atoms with E-state index in [-0.39, 0.29) is 6.42 Å². The second-order valence-electron chi connectivity index (χ2n) is 3.45. The summed E-state index contributed by atoms with van der Waals surface area (Å²) in [4.78, 5) is 22.5. The van der Waals surface area contributed by atoms with E-state index in [4.69, 9.17) is 11.6 Å². The van der Waals surface area contributed by atoms with Gasteiger partial charge in [-0.2, -0.15) is 0 Å². The molecule has 0 aromatic heterocycles. The molecule has 0 aliphatic carbocycles. The molecule has 0 amide bonds. The van der Waals surface area contributed by atoms with Crippen LogP contribution >= 0.6 is 11.6 Å². The van der Waals surface area contributed by atoms with Crippen LogP contribution in [0.5, 0.6) is 0 Å². The minimum atomic E-state index is -0.524. The van der Waals surface area contributed by atoms with Gasteiger partial charge in [0.2, 0.25) is 0 Å². The Hall–Kier alpha value is -1.81. The zero-order chi connectivity index (χ0) is 13.5. The number of carbonyl (C=O) groups is 2. The Morgan fingerprint density at radius 3 is 2.28 bits per heavy atom. The molecule has 5 heteroatoms. The number of rotatable bonds is 4. The van der Waals surface area contributed by atoms with Gasteiger partial charge in [-0.05, 0) is 23.3 Å². The van der Waals surface area contributed by atoms with Crippen LogP contribution in [0.1, 0.15) is 12.0 Å². The lowest BCUT2D eigenvalue weighted by Gasteiger charge is -2.06. The number of methoxy groups -OCH3 is 2. The van der Waals surface area contributed by atoms with E-state index in [1.165, 1.54) is 20.3 Å². The molecule has 4 nitrogen and oxygen atoms in total. The summed E-state index contributed by atoms with van der Waals surface area (Å²) in [5, 5.41) is 0.578. The first-order valence-electron chi connectivity index (χ1n) is 5.18. The van der Waals surface area contributed by atoms with Crippen LogP contribution in [0.4, 0.5) is 0 Å². The first-order chi connectivity index (χ1) is 8.56. The van der Waals surface area contributed by atoms with Gasteiger partial charge in [-0.25, -0.2) is 4.79 Å². The maximum Gasteiger partial charge on any atom is 0.330 e. The number of halogens is 1. The van der Waals surface area contributed by atoms with Gasteiger partial charge in [0.15, 0.2) is 0 Å². The molecule has 96 valence electrons. The highest BCUT2D eigenvalue weighted by Crippen LogP contribution is 2.21. The maximum atomic E-state index is 11.3. The first-order valence-corrected chi connectivity index (χ1v) is 5.56. The van der Waals surface area contributed by atoms with Crippen molar-refractivity contribution in [3.63, 3.8) is 0 Å². The van der Waals surface area contributed by atoms with Crippen molar-refractivity contribution >= 4 is 29.1 Å². The average Bonchev–Trinajstić information content (AvgIpc) is 2.38. The predicted molar refractivity (Wildman–Crippen MR) is 68.1 cm³/mol. The Morgan fingerprint density at radius 2 is 1.78 bits per heavy atom. The van der Waals surface area contributed by atoms with Gasteiger partial charge in [0.25, 0.3) is 0 Å². The molecule has 1 rings (SSSR count). The molecular formula is C13H13ClO4. The number of esters is 2. The van der Waals surface area contributed by atoms with Crippen LogP contribution in [0, 0.1) is 0 Å². The lowest BCUT2D eigenvalue weighted by molar-refractivity contribution is -0.139. The molecule has 1 aromatic rings. The second kappa shape index (κ2) is 6.81. The minimum absolute atomic E-state index is 0.00671. The van der Waals surface area contributed by atoms with E-state index in [1.807, 2.05) is 0 Å². The lowest BCUT2D eigenvalue weighted by atomic mass is 10.0. The molecule has 0 aliphatic heterocycles. The number of hydrogen-bond acceptors (Lipinski definition) is 4. The lowest BCUT2D eigenvalue weighted by Crippen LogP contribution is -2.04. The largest absolute Gasteiger partial charge is 0.469 e. The quantitative estimate of drug-likeness (QED) is 0.622. The standard InChI is InChI=1S/C13H13ClO4/c1-17-12(15)7-10(8-13(16)18-2)9-3-5-11(14)6-4-9/h3-7H,8H2,1-2H3/b10-7+. The molecule has 0 aliphatic rings. The predicted octanol–water partition coefficient (Wildman–Crippen LogP) is 2.46. The maximum absolute atomic E-state index is 11.3. The summed E-state index contributed by atoms with van der Waals surface area (Å²) in [5.74, 6) is -0.955. The third kappa shape index (κ3) is 4.22. The van der Waals surface area contributed by atoms with Gasteiger partial charge in [0.05, 0.1) is 20.6 Å². The fourth-order valence-corrected chi connectivity index (χ4v) is 1.46. The van der Waals surface area contributed by atoms with Crippen LogP contribution in [-0.4, -0.2) is 26.2 Å². The zero-order valence-corrected chi connectivity index (χ0v) is 10.9.